The van der Waals surface area contributed by atoms with Gasteiger partial charge < -0.3 is 10.0 Å². The molecule has 0 aromatic carbocycles. The monoisotopic (exact) mass is 332 g/mol. The molecule has 2 aliphatic heterocycles. The van der Waals surface area contributed by atoms with Gasteiger partial charge in [-0.1, -0.05) is 0 Å². The van der Waals surface area contributed by atoms with E-state index in [1.54, 1.807) is 0 Å². The van der Waals surface area contributed by atoms with Gasteiger partial charge in [-0.05, 0) is 44.7 Å². The maximum atomic E-state index is 12.4. The molecule has 1 N–H and O–H groups in total. The maximum Gasteiger partial charge on any atom is 0.225 e. The Morgan fingerprint density at radius 1 is 1.38 bits per heavy atom. The lowest BCUT2D eigenvalue weighted by Crippen LogP contribution is -2.50. The molecule has 2 atom stereocenters. The number of rotatable bonds is 4. The van der Waals surface area contributed by atoms with E-state index in [4.69, 9.17) is 0 Å². The zero-order valence-corrected chi connectivity index (χ0v) is 14.7. The molecule has 0 spiro atoms. The number of nitrogens with zero attached hydrogens (tertiary/aromatic N) is 4. The van der Waals surface area contributed by atoms with Gasteiger partial charge in [0.25, 0.3) is 0 Å². The van der Waals surface area contributed by atoms with Crippen LogP contribution in [0.15, 0.2) is 6.07 Å². The Morgan fingerprint density at radius 3 is 2.79 bits per heavy atom. The zero-order chi connectivity index (χ0) is 16.9. The van der Waals surface area contributed by atoms with Crippen LogP contribution in [0.5, 0.6) is 0 Å². The predicted molar refractivity (Wildman–Crippen MR) is 90.2 cm³/mol. The molecule has 1 aromatic rings. The Hall–Kier alpha value is -1.40. The number of piperidine rings is 1. The molecular formula is C18H28N4O2. The molecule has 2 saturated heterocycles. The summed E-state index contributed by atoms with van der Waals surface area (Å²) in [6, 6.07) is 2.13. The largest absolute Gasteiger partial charge is 0.396 e. The number of aryl methyl sites for hydroxylation is 2. The highest BCUT2D eigenvalue weighted by atomic mass is 16.3. The summed E-state index contributed by atoms with van der Waals surface area (Å²) in [6.07, 6.45) is 3.17. The lowest BCUT2D eigenvalue weighted by Gasteiger charge is -2.43. The highest BCUT2D eigenvalue weighted by Gasteiger charge is 2.51. The van der Waals surface area contributed by atoms with Crippen molar-refractivity contribution in [1.82, 2.24) is 19.6 Å². The second-order valence-electron chi connectivity index (χ2n) is 8.11. The zero-order valence-electron chi connectivity index (χ0n) is 14.7. The highest BCUT2D eigenvalue weighted by Crippen LogP contribution is 2.44. The molecule has 0 unspecified atom stereocenters. The van der Waals surface area contributed by atoms with Crippen LogP contribution < -0.4 is 0 Å². The van der Waals surface area contributed by atoms with Crippen LogP contribution in [0.1, 0.15) is 30.7 Å². The van der Waals surface area contributed by atoms with Crippen molar-refractivity contribution in [2.24, 2.45) is 24.3 Å². The molecule has 0 bridgehead atoms. The van der Waals surface area contributed by atoms with E-state index < -0.39 is 0 Å². The van der Waals surface area contributed by atoms with E-state index in [0.717, 1.165) is 57.7 Å². The van der Waals surface area contributed by atoms with Crippen LogP contribution in [0.3, 0.4) is 0 Å². The predicted octanol–water partition coefficient (Wildman–Crippen LogP) is 0.781. The summed E-state index contributed by atoms with van der Waals surface area (Å²) >= 11 is 0. The van der Waals surface area contributed by atoms with Gasteiger partial charge in [-0.3, -0.25) is 14.4 Å². The molecule has 3 heterocycles. The Kier molecular flexibility index (Phi) is 3.92. The molecule has 6 nitrogen and oxygen atoms in total. The molecule has 0 radical (unpaired) electrons. The van der Waals surface area contributed by atoms with Crippen molar-refractivity contribution >= 4 is 5.91 Å². The minimum Gasteiger partial charge on any atom is -0.396 e. The van der Waals surface area contributed by atoms with Crippen molar-refractivity contribution < 1.29 is 9.90 Å². The molecule has 6 heteroatoms. The third-order valence-electron chi connectivity index (χ3n) is 6.18. The van der Waals surface area contributed by atoms with Crippen molar-refractivity contribution in [1.29, 1.82) is 0 Å². The van der Waals surface area contributed by atoms with Crippen LogP contribution in [0.2, 0.25) is 0 Å². The quantitative estimate of drug-likeness (QED) is 0.885. The summed E-state index contributed by atoms with van der Waals surface area (Å²) in [5.74, 6) is 1.04. The third kappa shape index (κ3) is 2.75. The summed E-state index contributed by atoms with van der Waals surface area (Å²) < 4.78 is 1.95. The van der Waals surface area contributed by atoms with E-state index >= 15 is 0 Å². The number of carbonyl (C=O) groups is 1. The first-order valence-electron chi connectivity index (χ1n) is 9.12. The van der Waals surface area contributed by atoms with Crippen LogP contribution in [0, 0.1) is 24.2 Å². The normalized spacial score (nSPS) is 30.6. The number of carbonyl (C=O) groups excluding carboxylic acids is 1. The fourth-order valence-electron chi connectivity index (χ4n) is 4.63. The highest BCUT2D eigenvalue weighted by molar-refractivity contribution is 5.81. The van der Waals surface area contributed by atoms with E-state index in [2.05, 4.69) is 16.1 Å². The van der Waals surface area contributed by atoms with Crippen molar-refractivity contribution in [2.45, 2.75) is 32.7 Å². The van der Waals surface area contributed by atoms with E-state index in [9.17, 15) is 9.90 Å². The molecule has 132 valence electrons. The topological polar surface area (TPSA) is 61.6 Å². The number of likely N-dealkylation sites (tertiary alicyclic amines) is 2. The lowest BCUT2D eigenvalue weighted by atomic mass is 9.74. The Balaban J connectivity index is 1.46. The fourth-order valence-corrected chi connectivity index (χ4v) is 4.63. The first-order valence-corrected chi connectivity index (χ1v) is 9.12. The number of aliphatic hydroxyl groups excluding tert-OH is 1. The van der Waals surface area contributed by atoms with Gasteiger partial charge in [-0.25, -0.2) is 0 Å². The summed E-state index contributed by atoms with van der Waals surface area (Å²) in [7, 11) is 1.99. The first kappa shape index (κ1) is 16.1. The Morgan fingerprint density at radius 2 is 2.17 bits per heavy atom. The van der Waals surface area contributed by atoms with Gasteiger partial charge in [0.1, 0.15) is 0 Å². The van der Waals surface area contributed by atoms with Crippen LogP contribution >= 0.6 is 0 Å². The van der Waals surface area contributed by atoms with Gasteiger partial charge >= 0.3 is 0 Å². The molecule has 1 saturated carbocycles. The van der Waals surface area contributed by atoms with Gasteiger partial charge in [0.05, 0.1) is 18.0 Å². The van der Waals surface area contributed by atoms with Crippen LogP contribution in [0.25, 0.3) is 0 Å². The minimum absolute atomic E-state index is 0.142. The van der Waals surface area contributed by atoms with Crippen molar-refractivity contribution in [3.05, 3.63) is 17.5 Å². The van der Waals surface area contributed by atoms with Gasteiger partial charge in [0, 0.05) is 44.6 Å². The van der Waals surface area contributed by atoms with Gasteiger partial charge in [-0.2, -0.15) is 5.10 Å². The van der Waals surface area contributed by atoms with Crippen molar-refractivity contribution in [3.8, 4) is 0 Å². The smallest absolute Gasteiger partial charge is 0.225 e. The second kappa shape index (κ2) is 5.85. The van der Waals surface area contributed by atoms with E-state index in [1.165, 1.54) is 5.69 Å². The summed E-state index contributed by atoms with van der Waals surface area (Å²) in [5.41, 5.74) is 2.11. The molecule has 3 aliphatic rings. The Labute approximate surface area is 143 Å². The second-order valence-corrected chi connectivity index (χ2v) is 8.11. The van der Waals surface area contributed by atoms with Gasteiger partial charge in [-0.15, -0.1) is 0 Å². The molecule has 3 fully saturated rings. The van der Waals surface area contributed by atoms with E-state index in [-0.39, 0.29) is 17.9 Å². The van der Waals surface area contributed by atoms with Crippen LogP contribution in [-0.4, -0.2) is 63.4 Å². The molecule has 1 amide bonds. The lowest BCUT2D eigenvalue weighted by molar-refractivity contribution is -0.132. The van der Waals surface area contributed by atoms with E-state index in [1.807, 2.05) is 23.6 Å². The summed E-state index contributed by atoms with van der Waals surface area (Å²) in [5, 5.41) is 14.6. The average Bonchev–Trinajstić information content (AvgIpc) is 3.26. The standard InChI is InChI=1S/C18H28N4O2/c1-13-7-16(20(2)19-13)9-21-6-5-15-8-22(17(24)14-3-4-14)11-18(15,10-21)12-23/h7,14-15,23H,3-6,8-12H2,1-2H3/t15-,18+/m0/s1. The van der Waals surface area contributed by atoms with Gasteiger partial charge in [0.15, 0.2) is 0 Å². The maximum absolute atomic E-state index is 12.4. The molecule has 24 heavy (non-hydrogen) atoms. The van der Waals surface area contributed by atoms with E-state index in [0.29, 0.717) is 11.8 Å². The minimum atomic E-state index is -0.142. The third-order valence-corrected chi connectivity index (χ3v) is 6.18. The fraction of sp³-hybridized carbons (Fsp3) is 0.778. The number of fused-ring (bicyclic) bond motifs is 1. The molecule has 4 rings (SSSR count). The van der Waals surface area contributed by atoms with Crippen molar-refractivity contribution in [3.63, 3.8) is 0 Å². The molecular weight excluding hydrogens is 304 g/mol. The molecule has 1 aromatic heterocycles. The van der Waals surface area contributed by atoms with Gasteiger partial charge in [0.2, 0.25) is 5.91 Å². The first-order chi connectivity index (χ1) is 11.5. The number of amides is 1. The number of aliphatic hydroxyl groups is 1. The Bertz CT molecular complexity index is 639. The number of hydrogen-bond acceptors (Lipinski definition) is 4. The SMILES string of the molecule is Cc1cc(CN2CC[C@H]3CN(C(=O)C4CC4)C[C@@]3(CO)C2)n(C)n1. The average molecular weight is 332 g/mol. The molecule has 1 aliphatic carbocycles. The van der Waals surface area contributed by atoms with Crippen LogP contribution in [-0.2, 0) is 18.4 Å². The summed E-state index contributed by atoms with van der Waals surface area (Å²) in [6.45, 7) is 6.52. The number of aromatic nitrogens is 2. The van der Waals surface area contributed by atoms with Crippen LogP contribution in [0.4, 0.5) is 0 Å². The number of hydrogen-bond donors (Lipinski definition) is 1. The summed E-state index contributed by atoms with van der Waals surface area (Å²) in [4.78, 5) is 16.9. The van der Waals surface area contributed by atoms with Crippen molar-refractivity contribution in [2.75, 3.05) is 32.8 Å².